The van der Waals surface area contributed by atoms with Crippen molar-refractivity contribution in [2.24, 2.45) is 5.92 Å². The van der Waals surface area contributed by atoms with E-state index in [1.165, 1.54) is 5.56 Å². The normalized spacial score (nSPS) is 20.4. The number of amides is 1. The van der Waals surface area contributed by atoms with Crippen LogP contribution in [0.1, 0.15) is 31.7 Å². The van der Waals surface area contributed by atoms with E-state index in [2.05, 4.69) is 30.4 Å². The molecule has 0 saturated carbocycles. The minimum atomic E-state index is 0.0245. The summed E-state index contributed by atoms with van der Waals surface area (Å²) in [5.74, 6) is 0.796. The van der Waals surface area contributed by atoms with Gasteiger partial charge in [-0.15, -0.1) is 0 Å². The average Bonchev–Trinajstić information content (AvgIpc) is 2.39. The molecule has 1 aliphatic rings. The van der Waals surface area contributed by atoms with Crippen LogP contribution in [0.2, 0.25) is 0 Å². The van der Waals surface area contributed by atoms with E-state index in [1.807, 2.05) is 24.9 Å². The topological polar surface area (TPSA) is 32.3 Å². The number of para-hydroxylation sites is 1. The predicted octanol–water partition coefficient (Wildman–Crippen LogP) is 2.38. The van der Waals surface area contributed by atoms with Crippen LogP contribution in [-0.2, 0) is 4.79 Å². The van der Waals surface area contributed by atoms with Crippen molar-refractivity contribution in [3.05, 3.63) is 29.8 Å². The molecule has 0 saturated heterocycles. The maximum atomic E-state index is 12.4. The first-order valence-electron chi connectivity index (χ1n) is 6.70. The van der Waals surface area contributed by atoms with Gasteiger partial charge in [0.1, 0.15) is 0 Å². The molecule has 18 heavy (non-hydrogen) atoms. The highest BCUT2D eigenvalue weighted by Crippen LogP contribution is 2.35. The molecular formula is C15H22N2O. The summed E-state index contributed by atoms with van der Waals surface area (Å²) in [5.41, 5.74) is 2.40. The Kier molecular flexibility index (Phi) is 4.02. The Balaban J connectivity index is 2.26. The van der Waals surface area contributed by atoms with E-state index in [-0.39, 0.29) is 11.8 Å². The lowest BCUT2D eigenvalue weighted by molar-refractivity contribution is -0.121. The first-order valence-corrected chi connectivity index (χ1v) is 6.70. The molecule has 2 atom stereocenters. The smallest absolute Gasteiger partial charge is 0.231 e. The molecule has 0 fully saturated rings. The zero-order valence-electron chi connectivity index (χ0n) is 11.4. The second kappa shape index (κ2) is 5.53. The monoisotopic (exact) mass is 246 g/mol. The molecule has 0 bridgehead atoms. The van der Waals surface area contributed by atoms with Crippen LogP contribution < -0.4 is 10.2 Å². The van der Waals surface area contributed by atoms with Gasteiger partial charge in [0.25, 0.3) is 0 Å². The van der Waals surface area contributed by atoms with Gasteiger partial charge in [0.05, 0.1) is 0 Å². The largest absolute Gasteiger partial charge is 0.319 e. The van der Waals surface area contributed by atoms with Crippen LogP contribution in [0.3, 0.4) is 0 Å². The van der Waals surface area contributed by atoms with Crippen LogP contribution in [0, 0.1) is 5.92 Å². The SMILES string of the molecule is CNCC(C)C(=O)N1CCC(C)c2ccccc21. The van der Waals surface area contributed by atoms with Crippen LogP contribution in [0.4, 0.5) is 5.69 Å². The number of anilines is 1. The second-order valence-electron chi connectivity index (χ2n) is 5.20. The first kappa shape index (κ1) is 13.1. The van der Waals surface area contributed by atoms with Crippen LogP contribution in [-0.4, -0.2) is 26.0 Å². The van der Waals surface area contributed by atoms with Gasteiger partial charge < -0.3 is 10.2 Å². The van der Waals surface area contributed by atoms with Gasteiger partial charge in [0, 0.05) is 24.7 Å². The zero-order valence-corrected chi connectivity index (χ0v) is 11.4. The van der Waals surface area contributed by atoms with Gasteiger partial charge in [0.15, 0.2) is 0 Å². The van der Waals surface area contributed by atoms with Crippen molar-refractivity contribution in [3.63, 3.8) is 0 Å². The number of carbonyl (C=O) groups excluding carboxylic acids is 1. The molecule has 2 rings (SSSR count). The summed E-state index contributed by atoms with van der Waals surface area (Å²) in [6.07, 6.45) is 1.05. The van der Waals surface area contributed by atoms with E-state index in [9.17, 15) is 4.79 Å². The number of hydrogen-bond donors (Lipinski definition) is 1. The van der Waals surface area contributed by atoms with Crippen molar-refractivity contribution in [1.82, 2.24) is 5.32 Å². The first-order chi connectivity index (χ1) is 8.65. The lowest BCUT2D eigenvalue weighted by Gasteiger charge is -2.34. The van der Waals surface area contributed by atoms with Gasteiger partial charge in [-0.25, -0.2) is 0 Å². The maximum Gasteiger partial charge on any atom is 0.231 e. The molecule has 3 heteroatoms. The van der Waals surface area contributed by atoms with E-state index in [4.69, 9.17) is 0 Å². The lowest BCUT2D eigenvalue weighted by Crippen LogP contribution is -2.41. The highest BCUT2D eigenvalue weighted by atomic mass is 16.2. The Morgan fingerprint density at radius 3 is 2.94 bits per heavy atom. The molecule has 1 N–H and O–H groups in total. The van der Waals surface area contributed by atoms with Gasteiger partial charge in [0.2, 0.25) is 5.91 Å². The average molecular weight is 246 g/mol. The third kappa shape index (κ3) is 2.41. The van der Waals surface area contributed by atoms with Gasteiger partial charge in [-0.3, -0.25) is 4.79 Å². The summed E-state index contributed by atoms with van der Waals surface area (Å²) in [5, 5.41) is 3.07. The molecule has 2 unspecified atom stereocenters. The Labute approximate surface area is 109 Å². The van der Waals surface area contributed by atoms with Crippen LogP contribution in [0.5, 0.6) is 0 Å². The summed E-state index contributed by atoms with van der Waals surface area (Å²) in [6.45, 7) is 5.79. The Bertz CT molecular complexity index is 430. The molecule has 1 aromatic rings. The van der Waals surface area contributed by atoms with E-state index in [0.717, 1.165) is 25.2 Å². The number of benzene rings is 1. The molecule has 1 heterocycles. The fourth-order valence-electron chi connectivity index (χ4n) is 2.64. The predicted molar refractivity (Wildman–Crippen MR) is 74.9 cm³/mol. The van der Waals surface area contributed by atoms with E-state index in [1.54, 1.807) is 0 Å². The lowest BCUT2D eigenvalue weighted by atomic mass is 9.91. The highest BCUT2D eigenvalue weighted by Gasteiger charge is 2.28. The highest BCUT2D eigenvalue weighted by molar-refractivity contribution is 5.96. The molecule has 3 nitrogen and oxygen atoms in total. The molecule has 0 aliphatic carbocycles. The molecule has 1 aromatic carbocycles. The minimum absolute atomic E-state index is 0.0245. The van der Waals surface area contributed by atoms with Crippen molar-refractivity contribution in [1.29, 1.82) is 0 Å². The fourth-order valence-corrected chi connectivity index (χ4v) is 2.64. The van der Waals surface area contributed by atoms with Crippen molar-refractivity contribution in [2.75, 3.05) is 25.0 Å². The third-order valence-corrected chi connectivity index (χ3v) is 3.74. The van der Waals surface area contributed by atoms with Crippen LogP contribution in [0.25, 0.3) is 0 Å². The molecule has 1 amide bonds. The number of nitrogens with one attached hydrogen (secondary N) is 1. The molecule has 0 radical (unpaired) electrons. The Hall–Kier alpha value is -1.35. The molecule has 0 spiro atoms. The Morgan fingerprint density at radius 1 is 1.50 bits per heavy atom. The van der Waals surface area contributed by atoms with Crippen molar-refractivity contribution >= 4 is 11.6 Å². The van der Waals surface area contributed by atoms with E-state index >= 15 is 0 Å². The van der Waals surface area contributed by atoms with Crippen LogP contribution >= 0.6 is 0 Å². The van der Waals surface area contributed by atoms with Gasteiger partial charge in [-0.05, 0) is 31.0 Å². The number of hydrogen-bond acceptors (Lipinski definition) is 2. The number of carbonyl (C=O) groups is 1. The summed E-state index contributed by atoms with van der Waals surface area (Å²) >= 11 is 0. The van der Waals surface area contributed by atoms with Gasteiger partial charge in [-0.1, -0.05) is 32.0 Å². The maximum absolute atomic E-state index is 12.4. The summed E-state index contributed by atoms with van der Waals surface area (Å²) in [6, 6.07) is 8.28. The van der Waals surface area contributed by atoms with Crippen molar-refractivity contribution < 1.29 is 4.79 Å². The molecule has 1 aliphatic heterocycles. The second-order valence-corrected chi connectivity index (χ2v) is 5.20. The number of nitrogens with zero attached hydrogens (tertiary/aromatic N) is 1. The quantitative estimate of drug-likeness (QED) is 0.888. The van der Waals surface area contributed by atoms with E-state index in [0.29, 0.717) is 5.92 Å². The van der Waals surface area contributed by atoms with Gasteiger partial charge >= 0.3 is 0 Å². The Morgan fingerprint density at radius 2 is 2.22 bits per heavy atom. The summed E-state index contributed by atoms with van der Waals surface area (Å²) < 4.78 is 0. The molecule has 98 valence electrons. The number of rotatable bonds is 3. The minimum Gasteiger partial charge on any atom is -0.319 e. The van der Waals surface area contributed by atoms with Crippen LogP contribution in [0.15, 0.2) is 24.3 Å². The van der Waals surface area contributed by atoms with Crippen molar-refractivity contribution in [3.8, 4) is 0 Å². The van der Waals surface area contributed by atoms with Gasteiger partial charge in [-0.2, -0.15) is 0 Å². The summed E-state index contributed by atoms with van der Waals surface area (Å²) in [4.78, 5) is 14.4. The van der Waals surface area contributed by atoms with Crippen molar-refractivity contribution in [2.45, 2.75) is 26.2 Å². The third-order valence-electron chi connectivity index (χ3n) is 3.74. The number of fused-ring (bicyclic) bond motifs is 1. The molecule has 0 aromatic heterocycles. The zero-order chi connectivity index (χ0) is 13.1. The fraction of sp³-hybridized carbons (Fsp3) is 0.533. The standard InChI is InChI=1S/C15H22N2O/c1-11-8-9-17(15(18)12(2)10-16-3)14-7-5-4-6-13(11)14/h4-7,11-12,16H,8-10H2,1-3H3. The summed E-state index contributed by atoms with van der Waals surface area (Å²) in [7, 11) is 1.88. The van der Waals surface area contributed by atoms with E-state index < -0.39 is 0 Å². The molecular weight excluding hydrogens is 224 g/mol.